The van der Waals surface area contributed by atoms with Crippen molar-refractivity contribution in [3.8, 4) is 11.8 Å². The lowest BCUT2D eigenvalue weighted by molar-refractivity contribution is 0.101. The summed E-state index contributed by atoms with van der Waals surface area (Å²) in [5.41, 5.74) is 9.23. The Morgan fingerprint density at radius 2 is 1.77 bits per heavy atom. The molecule has 7 nitrogen and oxygen atoms in total. The zero-order valence-electron chi connectivity index (χ0n) is 16.1. The Labute approximate surface area is 172 Å². The van der Waals surface area contributed by atoms with Crippen molar-refractivity contribution in [3.05, 3.63) is 89.4 Å². The second-order valence-corrected chi connectivity index (χ2v) is 6.64. The first-order valence-electron chi connectivity index (χ1n) is 9.14. The summed E-state index contributed by atoms with van der Waals surface area (Å²) in [4.78, 5) is 24.1. The van der Waals surface area contributed by atoms with E-state index in [1.165, 1.54) is 6.92 Å². The molecular weight excluding hydrogens is 378 g/mol. The monoisotopic (exact) mass is 395 g/mol. The molecule has 1 amide bonds. The Morgan fingerprint density at radius 1 is 0.967 bits per heavy atom. The Kier molecular flexibility index (Phi) is 4.97. The van der Waals surface area contributed by atoms with Gasteiger partial charge in [-0.2, -0.15) is 0 Å². The van der Waals surface area contributed by atoms with E-state index in [2.05, 4.69) is 27.4 Å². The van der Waals surface area contributed by atoms with E-state index in [0.29, 0.717) is 39.5 Å². The highest BCUT2D eigenvalue weighted by Gasteiger charge is 2.08. The van der Waals surface area contributed by atoms with E-state index in [1.54, 1.807) is 71.3 Å². The van der Waals surface area contributed by atoms with Crippen LogP contribution < -0.4 is 11.1 Å². The number of rotatable bonds is 3. The van der Waals surface area contributed by atoms with Crippen molar-refractivity contribution in [2.24, 2.45) is 0 Å². The van der Waals surface area contributed by atoms with Crippen LogP contribution in [-0.4, -0.2) is 26.3 Å². The number of nitrogen functional groups attached to an aromatic ring is 1. The lowest BCUT2D eigenvalue weighted by Gasteiger charge is -2.06. The van der Waals surface area contributed by atoms with Crippen molar-refractivity contribution in [2.45, 2.75) is 6.92 Å². The van der Waals surface area contributed by atoms with Crippen LogP contribution in [0.5, 0.6) is 0 Å². The van der Waals surface area contributed by atoms with Gasteiger partial charge >= 0.3 is 0 Å². The topological polar surface area (TPSA) is 102 Å². The molecule has 4 rings (SSSR count). The minimum absolute atomic E-state index is 0.0638. The highest BCUT2D eigenvalue weighted by molar-refractivity contribution is 6.05. The van der Waals surface area contributed by atoms with Crippen molar-refractivity contribution in [1.29, 1.82) is 0 Å². The van der Waals surface area contributed by atoms with Gasteiger partial charge in [-0.15, -0.1) is 10.2 Å². The number of Topliss-reactive ketones (excluding diaryl/α,β-unsaturated/α-hetero) is 1. The van der Waals surface area contributed by atoms with E-state index >= 15 is 0 Å². The van der Waals surface area contributed by atoms with Crippen LogP contribution in [-0.2, 0) is 0 Å². The summed E-state index contributed by atoms with van der Waals surface area (Å²) in [6, 6.07) is 17.3. The van der Waals surface area contributed by atoms with Crippen LogP contribution in [0.25, 0.3) is 5.65 Å². The number of carbonyl (C=O) groups is 2. The number of nitrogens with two attached hydrogens (primary N) is 1. The van der Waals surface area contributed by atoms with Gasteiger partial charge in [-0.1, -0.05) is 24.1 Å². The number of nitrogens with zero attached hydrogens (tertiary/aromatic N) is 3. The van der Waals surface area contributed by atoms with E-state index < -0.39 is 0 Å². The quantitative estimate of drug-likeness (QED) is 0.410. The molecule has 0 saturated heterocycles. The molecule has 146 valence electrons. The number of pyridine rings is 1. The SMILES string of the molecule is CC(=O)c1cccc(NC(=O)c2cccc(C#Cc3nnc4ccc(N)cn34)c2)c1. The predicted molar refractivity (Wildman–Crippen MR) is 114 cm³/mol. The Hall–Kier alpha value is -4.44. The van der Waals surface area contributed by atoms with Crippen LogP contribution in [0.4, 0.5) is 11.4 Å². The summed E-state index contributed by atoms with van der Waals surface area (Å²) < 4.78 is 1.71. The molecule has 2 heterocycles. The number of amides is 1. The summed E-state index contributed by atoms with van der Waals surface area (Å²) in [6.07, 6.45) is 1.71. The molecule has 0 bridgehead atoms. The molecule has 7 heteroatoms. The van der Waals surface area contributed by atoms with Crippen molar-refractivity contribution in [1.82, 2.24) is 14.6 Å². The zero-order valence-corrected chi connectivity index (χ0v) is 16.1. The number of hydrogen-bond donors (Lipinski definition) is 2. The molecular formula is C23H17N5O2. The van der Waals surface area contributed by atoms with E-state index in [9.17, 15) is 9.59 Å². The third-order valence-corrected chi connectivity index (χ3v) is 4.40. The van der Waals surface area contributed by atoms with Crippen LogP contribution >= 0.6 is 0 Å². The van der Waals surface area contributed by atoms with Gasteiger partial charge in [0.15, 0.2) is 11.4 Å². The third kappa shape index (κ3) is 4.03. The van der Waals surface area contributed by atoms with E-state index in [-0.39, 0.29) is 11.7 Å². The molecule has 30 heavy (non-hydrogen) atoms. The van der Waals surface area contributed by atoms with Crippen LogP contribution in [0.2, 0.25) is 0 Å². The van der Waals surface area contributed by atoms with Crippen LogP contribution in [0, 0.1) is 11.8 Å². The summed E-state index contributed by atoms with van der Waals surface area (Å²) in [6.45, 7) is 1.48. The summed E-state index contributed by atoms with van der Waals surface area (Å²) >= 11 is 0. The van der Waals surface area contributed by atoms with Crippen molar-refractivity contribution < 1.29 is 9.59 Å². The maximum Gasteiger partial charge on any atom is 0.255 e. The first-order valence-corrected chi connectivity index (χ1v) is 9.14. The molecule has 0 unspecified atom stereocenters. The lowest BCUT2D eigenvalue weighted by Crippen LogP contribution is -2.12. The Balaban J connectivity index is 1.56. The number of anilines is 2. The average Bonchev–Trinajstić information content (AvgIpc) is 3.14. The fourth-order valence-electron chi connectivity index (χ4n) is 2.88. The minimum Gasteiger partial charge on any atom is -0.398 e. The molecule has 2 aromatic carbocycles. The number of carbonyl (C=O) groups excluding carboxylic acids is 2. The summed E-state index contributed by atoms with van der Waals surface area (Å²) in [5.74, 6) is 6.06. The standard InChI is InChI=1S/C23H17N5O2/c1-15(29)17-5-3-7-20(13-17)25-23(30)18-6-2-4-16(12-18)8-10-21-26-27-22-11-9-19(24)14-28(21)22/h2-7,9,11-14H,24H2,1H3,(H,25,30). The normalized spacial score (nSPS) is 10.3. The van der Waals surface area contributed by atoms with Gasteiger partial charge in [0.1, 0.15) is 0 Å². The van der Waals surface area contributed by atoms with Crippen molar-refractivity contribution in [3.63, 3.8) is 0 Å². The first-order chi connectivity index (χ1) is 14.5. The van der Waals surface area contributed by atoms with Gasteiger partial charge in [-0.3, -0.25) is 14.0 Å². The molecule has 2 aromatic heterocycles. The van der Waals surface area contributed by atoms with Gasteiger partial charge in [0.2, 0.25) is 5.82 Å². The van der Waals surface area contributed by atoms with Crippen molar-refractivity contribution >= 4 is 28.7 Å². The van der Waals surface area contributed by atoms with Gasteiger partial charge < -0.3 is 11.1 Å². The second kappa shape index (κ2) is 7.89. The fraction of sp³-hybridized carbons (Fsp3) is 0.0435. The smallest absolute Gasteiger partial charge is 0.255 e. The molecule has 3 N–H and O–H groups in total. The van der Waals surface area contributed by atoms with Gasteiger partial charge in [-0.25, -0.2) is 0 Å². The molecule has 0 aliphatic heterocycles. The molecule has 0 spiro atoms. The molecule has 0 aliphatic carbocycles. The third-order valence-electron chi connectivity index (χ3n) is 4.40. The molecule has 0 aliphatic rings. The van der Waals surface area contributed by atoms with Crippen LogP contribution in [0.1, 0.15) is 39.0 Å². The summed E-state index contributed by atoms with van der Waals surface area (Å²) in [7, 11) is 0. The average molecular weight is 395 g/mol. The van der Waals surface area contributed by atoms with Gasteiger partial charge in [0.25, 0.3) is 5.91 Å². The molecule has 0 atom stereocenters. The number of hydrogen-bond acceptors (Lipinski definition) is 5. The molecule has 0 saturated carbocycles. The fourth-order valence-corrected chi connectivity index (χ4v) is 2.88. The minimum atomic E-state index is -0.292. The first kappa shape index (κ1) is 18.9. The van der Waals surface area contributed by atoms with Crippen LogP contribution in [0.15, 0.2) is 66.9 Å². The lowest BCUT2D eigenvalue weighted by atomic mass is 10.1. The van der Waals surface area contributed by atoms with E-state index in [4.69, 9.17) is 5.73 Å². The second-order valence-electron chi connectivity index (χ2n) is 6.64. The highest BCUT2D eigenvalue weighted by atomic mass is 16.1. The summed E-state index contributed by atoms with van der Waals surface area (Å²) in [5, 5.41) is 10.9. The zero-order chi connectivity index (χ0) is 21.1. The van der Waals surface area contributed by atoms with Gasteiger partial charge in [0.05, 0.1) is 0 Å². The number of fused-ring (bicyclic) bond motifs is 1. The molecule has 4 aromatic rings. The highest BCUT2D eigenvalue weighted by Crippen LogP contribution is 2.14. The molecule has 0 fully saturated rings. The van der Waals surface area contributed by atoms with E-state index in [1.807, 2.05) is 0 Å². The van der Waals surface area contributed by atoms with Crippen LogP contribution in [0.3, 0.4) is 0 Å². The maximum atomic E-state index is 12.6. The Bertz CT molecular complexity index is 1340. The van der Waals surface area contributed by atoms with Crippen molar-refractivity contribution in [2.75, 3.05) is 11.1 Å². The number of benzene rings is 2. The number of ketones is 1. The van der Waals surface area contributed by atoms with Gasteiger partial charge in [0, 0.05) is 34.3 Å². The Morgan fingerprint density at radius 3 is 2.60 bits per heavy atom. The number of nitrogens with one attached hydrogen (secondary N) is 1. The number of aromatic nitrogens is 3. The molecule has 0 radical (unpaired) electrons. The maximum absolute atomic E-state index is 12.6. The van der Waals surface area contributed by atoms with Gasteiger partial charge in [-0.05, 0) is 55.3 Å². The predicted octanol–water partition coefficient (Wildman–Crippen LogP) is 3.17. The largest absolute Gasteiger partial charge is 0.398 e. The van der Waals surface area contributed by atoms with E-state index in [0.717, 1.165) is 0 Å².